The van der Waals surface area contributed by atoms with Gasteiger partial charge in [0.2, 0.25) is 6.08 Å². The van der Waals surface area contributed by atoms with Gasteiger partial charge in [0.05, 0.1) is 33.4 Å². The first-order chi connectivity index (χ1) is 13.2. The number of amides is 3. The fourth-order valence-corrected chi connectivity index (χ4v) is 3.85. The number of carbonyl (C=O) groups excluding carboxylic acids is 4. The summed E-state index contributed by atoms with van der Waals surface area (Å²) >= 11 is 0. The number of carbonyl (C=O) groups is 3. The zero-order valence-electron chi connectivity index (χ0n) is 17.2. The SMILES string of the molecule is COC(=O)N(C)C1(CN=C=O)CCCC(N(C)C(=O)OC)(N(C)C(=O)OC)C1. The molecule has 3 amide bonds. The Hall–Kier alpha value is -2.81. The Morgan fingerprint density at radius 3 is 1.79 bits per heavy atom. The highest BCUT2D eigenvalue weighted by Crippen LogP contribution is 2.44. The minimum absolute atomic E-state index is 0.0616. The number of likely N-dealkylation sites (N-methyl/N-ethyl adjacent to an activating group) is 1. The van der Waals surface area contributed by atoms with Crippen LogP contribution in [0.25, 0.3) is 0 Å². The van der Waals surface area contributed by atoms with Crippen LogP contribution >= 0.6 is 0 Å². The molecule has 11 heteroatoms. The van der Waals surface area contributed by atoms with Crippen molar-refractivity contribution in [3.05, 3.63) is 0 Å². The van der Waals surface area contributed by atoms with E-state index in [0.29, 0.717) is 19.3 Å². The molecule has 0 aromatic heterocycles. The standard InChI is InChI=1S/C17H28N4O7/c1-19(13(23)26-4)16(11-18-12-22)8-7-9-17(10-16,20(2)14(24)27-5)21(3)15(25)28-6/h7-11H2,1-6H3. The maximum Gasteiger partial charge on any atom is 0.411 e. The highest BCUT2D eigenvalue weighted by molar-refractivity contribution is 5.72. The normalized spacial score (nSPS) is 20.2. The first-order valence-electron chi connectivity index (χ1n) is 8.64. The lowest BCUT2D eigenvalue weighted by Crippen LogP contribution is -2.69. The third-order valence-corrected chi connectivity index (χ3v) is 5.58. The predicted octanol–water partition coefficient (Wildman–Crippen LogP) is 1.43. The lowest BCUT2D eigenvalue weighted by atomic mass is 9.73. The Bertz CT molecular complexity index is 627. The van der Waals surface area contributed by atoms with Gasteiger partial charge >= 0.3 is 18.3 Å². The van der Waals surface area contributed by atoms with Crippen LogP contribution in [-0.2, 0) is 19.0 Å². The van der Waals surface area contributed by atoms with Crippen LogP contribution in [0.2, 0.25) is 0 Å². The van der Waals surface area contributed by atoms with Gasteiger partial charge in [-0.1, -0.05) is 0 Å². The van der Waals surface area contributed by atoms with Crippen LogP contribution in [0.15, 0.2) is 4.99 Å². The fraction of sp³-hybridized carbons (Fsp3) is 0.765. The fourth-order valence-electron chi connectivity index (χ4n) is 3.85. The van der Waals surface area contributed by atoms with Gasteiger partial charge < -0.3 is 19.1 Å². The first kappa shape index (κ1) is 23.2. The van der Waals surface area contributed by atoms with E-state index in [4.69, 9.17) is 14.2 Å². The van der Waals surface area contributed by atoms with Crippen molar-refractivity contribution < 1.29 is 33.4 Å². The molecule has 1 atom stereocenters. The highest BCUT2D eigenvalue weighted by Gasteiger charge is 2.55. The molecule has 1 rings (SSSR count). The summed E-state index contributed by atoms with van der Waals surface area (Å²) in [7, 11) is 8.24. The molecule has 1 saturated carbocycles. The number of isocyanates is 1. The quantitative estimate of drug-likeness (QED) is 0.296. The lowest BCUT2D eigenvalue weighted by Gasteiger charge is -2.55. The third-order valence-electron chi connectivity index (χ3n) is 5.58. The van der Waals surface area contributed by atoms with E-state index in [2.05, 4.69) is 4.99 Å². The van der Waals surface area contributed by atoms with E-state index in [-0.39, 0.29) is 13.0 Å². The molecule has 11 nitrogen and oxygen atoms in total. The van der Waals surface area contributed by atoms with Crippen LogP contribution in [0.4, 0.5) is 14.4 Å². The Kier molecular flexibility index (Phi) is 7.80. The lowest BCUT2D eigenvalue weighted by molar-refractivity contribution is -0.0802. The van der Waals surface area contributed by atoms with E-state index in [1.54, 1.807) is 0 Å². The third kappa shape index (κ3) is 4.19. The zero-order chi connectivity index (χ0) is 21.5. The van der Waals surface area contributed by atoms with Crippen molar-refractivity contribution >= 4 is 24.4 Å². The highest BCUT2D eigenvalue weighted by atomic mass is 16.6. The molecule has 0 aromatic rings. The van der Waals surface area contributed by atoms with E-state index >= 15 is 0 Å². The maximum atomic E-state index is 12.4. The van der Waals surface area contributed by atoms with E-state index in [9.17, 15) is 19.2 Å². The predicted molar refractivity (Wildman–Crippen MR) is 97.4 cm³/mol. The second kappa shape index (κ2) is 9.41. The minimum atomic E-state index is -1.18. The van der Waals surface area contributed by atoms with Gasteiger partial charge in [-0.25, -0.2) is 24.2 Å². The first-order valence-corrected chi connectivity index (χ1v) is 8.64. The molecule has 158 valence electrons. The van der Waals surface area contributed by atoms with Crippen molar-refractivity contribution in [2.24, 2.45) is 4.99 Å². The molecule has 0 heterocycles. The zero-order valence-corrected chi connectivity index (χ0v) is 17.2. The number of nitrogens with zero attached hydrogens (tertiary/aromatic N) is 4. The molecule has 0 radical (unpaired) electrons. The van der Waals surface area contributed by atoms with Gasteiger partial charge in [-0.2, -0.15) is 0 Å². The second-order valence-electron chi connectivity index (χ2n) is 6.73. The average molecular weight is 400 g/mol. The summed E-state index contributed by atoms with van der Waals surface area (Å²) in [4.78, 5) is 55.4. The van der Waals surface area contributed by atoms with Gasteiger partial charge in [0.15, 0.2) is 0 Å². The van der Waals surface area contributed by atoms with Crippen molar-refractivity contribution in [1.29, 1.82) is 0 Å². The molecule has 0 saturated heterocycles. The van der Waals surface area contributed by atoms with E-state index in [1.807, 2.05) is 0 Å². The molecule has 0 aromatic carbocycles. The molecule has 0 spiro atoms. The van der Waals surface area contributed by atoms with Crippen LogP contribution in [0, 0.1) is 0 Å². The van der Waals surface area contributed by atoms with Crippen molar-refractivity contribution in [1.82, 2.24) is 14.7 Å². The van der Waals surface area contributed by atoms with Crippen molar-refractivity contribution in [2.45, 2.75) is 36.9 Å². The summed E-state index contributed by atoms with van der Waals surface area (Å²) in [6, 6.07) is 0. The molecule has 1 aliphatic carbocycles. The Morgan fingerprint density at radius 2 is 1.36 bits per heavy atom. The topological polar surface area (TPSA) is 118 Å². The largest absolute Gasteiger partial charge is 0.453 e. The summed E-state index contributed by atoms with van der Waals surface area (Å²) in [5.74, 6) is 0. The van der Waals surface area contributed by atoms with Crippen molar-refractivity contribution in [2.75, 3.05) is 49.0 Å². The van der Waals surface area contributed by atoms with E-state index in [1.165, 1.54) is 63.3 Å². The molecule has 0 N–H and O–H groups in total. The van der Waals surface area contributed by atoms with E-state index < -0.39 is 29.5 Å². The molecule has 0 bridgehead atoms. The Labute approximate surface area is 164 Å². The smallest absolute Gasteiger partial charge is 0.411 e. The van der Waals surface area contributed by atoms with Crippen LogP contribution in [0.5, 0.6) is 0 Å². The van der Waals surface area contributed by atoms with Crippen LogP contribution in [0.3, 0.4) is 0 Å². The van der Waals surface area contributed by atoms with Gasteiger partial charge in [0.1, 0.15) is 5.66 Å². The number of hydrogen-bond acceptors (Lipinski definition) is 8. The second-order valence-corrected chi connectivity index (χ2v) is 6.73. The van der Waals surface area contributed by atoms with Crippen molar-refractivity contribution in [3.63, 3.8) is 0 Å². The van der Waals surface area contributed by atoms with E-state index in [0.717, 1.165) is 0 Å². The average Bonchev–Trinajstić information content (AvgIpc) is 2.74. The monoisotopic (exact) mass is 400 g/mol. The molecular weight excluding hydrogens is 372 g/mol. The molecule has 28 heavy (non-hydrogen) atoms. The van der Waals surface area contributed by atoms with Gasteiger partial charge in [-0.05, 0) is 19.3 Å². The summed E-state index contributed by atoms with van der Waals surface area (Å²) in [5.41, 5.74) is -2.17. The van der Waals surface area contributed by atoms with Gasteiger partial charge in [0.25, 0.3) is 0 Å². The van der Waals surface area contributed by atoms with Crippen molar-refractivity contribution in [3.8, 4) is 0 Å². The summed E-state index contributed by atoms with van der Waals surface area (Å²) in [6.45, 7) is -0.0616. The molecular formula is C17H28N4O7. The van der Waals surface area contributed by atoms with Crippen LogP contribution < -0.4 is 0 Å². The van der Waals surface area contributed by atoms with Crippen LogP contribution in [-0.4, -0.2) is 99.3 Å². The number of aliphatic imine (C=N–C) groups is 1. The Balaban J connectivity index is 3.54. The number of rotatable bonds is 5. The number of hydrogen-bond donors (Lipinski definition) is 0. The maximum absolute atomic E-state index is 12.4. The molecule has 1 unspecified atom stereocenters. The van der Waals surface area contributed by atoms with Crippen LogP contribution in [0.1, 0.15) is 25.7 Å². The Morgan fingerprint density at radius 1 is 0.893 bits per heavy atom. The minimum Gasteiger partial charge on any atom is -0.453 e. The summed E-state index contributed by atoms with van der Waals surface area (Å²) in [6.07, 6.45) is 1.06. The number of ether oxygens (including phenoxy) is 3. The van der Waals surface area contributed by atoms with Gasteiger partial charge in [-0.3, -0.25) is 9.80 Å². The van der Waals surface area contributed by atoms with Gasteiger partial charge in [-0.15, -0.1) is 0 Å². The number of methoxy groups -OCH3 is 3. The molecule has 1 fully saturated rings. The summed E-state index contributed by atoms with van der Waals surface area (Å²) < 4.78 is 14.5. The van der Waals surface area contributed by atoms with Gasteiger partial charge in [0, 0.05) is 27.6 Å². The molecule has 1 aliphatic rings. The summed E-state index contributed by atoms with van der Waals surface area (Å²) in [5, 5.41) is 0. The molecule has 0 aliphatic heterocycles.